The molecule has 0 amide bonds. The third kappa shape index (κ3) is 4.02. The summed E-state index contributed by atoms with van der Waals surface area (Å²) in [6, 6.07) is 0. The van der Waals surface area contributed by atoms with E-state index in [0.29, 0.717) is 24.8 Å². The molecule has 1 aromatic heterocycles. The number of anilines is 1. The van der Waals surface area contributed by atoms with Gasteiger partial charge in [0.05, 0.1) is 6.61 Å². The van der Waals surface area contributed by atoms with Crippen LogP contribution in [-0.2, 0) is 4.74 Å². The third-order valence-corrected chi connectivity index (χ3v) is 2.60. The van der Waals surface area contributed by atoms with E-state index in [1.165, 1.54) is 0 Å². The van der Waals surface area contributed by atoms with E-state index in [4.69, 9.17) is 16.3 Å². The Labute approximate surface area is 106 Å². The van der Waals surface area contributed by atoms with Crippen molar-refractivity contribution in [1.29, 1.82) is 0 Å². The number of rotatable bonds is 5. The van der Waals surface area contributed by atoms with Crippen molar-refractivity contribution in [3.63, 3.8) is 0 Å². The third-order valence-electron chi connectivity index (χ3n) is 2.25. The predicted octanol–water partition coefficient (Wildman–Crippen LogP) is 1.82. The van der Waals surface area contributed by atoms with Crippen LogP contribution in [0.4, 0.5) is 5.82 Å². The molecule has 0 aliphatic heterocycles. The van der Waals surface area contributed by atoms with Gasteiger partial charge in [0, 0.05) is 19.1 Å². The number of aryl methyl sites for hydroxylation is 1. The summed E-state index contributed by atoms with van der Waals surface area (Å²) in [5.41, 5.74) is -0.387. The molecule has 0 bridgehead atoms. The van der Waals surface area contributed by atoms with Gasteiger partial charge in [-0.2, -0.15) is 0 Å². The second-order valence-electron chi connectivity index (χ2n) is 4.76. The zero-order chi connectivity index (χ0) is 13.1. The van der Waals surface area contributed by atoms with Crippen LogP contribution in [0.5, 0.6) is 0 Å². The molecular weight excluding hydrogens is 242 g/mol. The molecule has 0 aromatic carbocycles. The van der Waals surface area contributed by atoms with Crippen LogP contribution in [0.3, 0.4) is 0 Å². The molecule has 17 heavy (non-hydrogen) atoms. The highest BCUT2D eigenvalue weighted by atomic mass is 35.5. The highest BCUT2D eigenvalue weighted by Crippen LogP contribution is 2.19. The first-order valence-corrected chi connectivity index (χ1v) is 5.73. The normalized spacial score (nSPS) is 11.6. The molecule has 96 valence electrons. The minimum atomic E-state index is -0.328. The van der Waals surface area contributed by atoms with Gasteiger partial charge in [0.15, 0.2) is 5.82 Å². The fourth-order valence-electron chi connectivity index (χ4n) is 1.45. The van der Waals surface area contributed by atoms with Gasteiger partial charge in [-0.25, -0.2) is 4.98 Å². The molecule has 0 aliphatic rings. The first kappa shape index (κ1) is 14.0. The summed E-state index contributed by atoms with van der Waals surface area (Å²) in [5, 5.41) is 3.16. The van der Waals surface area contributed by atoms with Crippen molar-refractivity contribution >= 4 is 17.4 Å². The minimum absolute atomic E-state index is 0.0593. The highest BCUT2D eigenvalue weighted by molar-refractivity contribution is 6.32. The number of nitrogens with zero attached hydrogens (tertiary/aromatic N) is 1. The molecule has 5 nitrogen and oxygen atoms in total. The van der Waals surface area contributed by atoms with Gasteiger partial charge in [-0.1, -0.05) is 25.4 Å². The zero-order valence-corrected chi connectivity index (χ0v) is 11.3. The second-order valence-corrected chi connectivity index (χ2v) is 5.14. The molecule has 1 heterocycles. The van der Waals surface area contributed by atoms with Gasteiger partial charge in [0.1, 0.15) is 10.8 Å². The maximum Gasteiger partial charge on any atom is 0.271 e. The first-order valence-electron chi connectivity index (χ1n) is 5.35. The summed E-state index contributed by atoms with van der Waals surface area (Å²) in [4.78, 5) is 18.1. The molecule has 0 spiro atoms. The van der Waals surface area contributed by atoms with E-state index < -0.39 is 0 Å². The van der Waals surface area contributed by atoms with Gasteiger partial charge in [-0.15, -0.1) is 0 Å². The summed E-state index contributed by atoms with van der Waals surface area (Å²) in [5.74, 6) is 0.948. The summed E-state index contributed by atoms with van der Waals surface area (Å²) < 4.78 is 5.11. The van der Waals surface area contributed by atoms with E-state index in [2.05, 4.69) is 29.1 Å². The first-order chi connectivity index (χ1) is 7.85. The molecule has 0 aliphatic carbocycles. The lowest BCUT2D eigenvalue weighted by Crippen LogP contribution is -2.29. The molecule has 1 aromatic rings. The van der Waals surface area contributed by atoms with E-state index in [0.717, 1.165) is 0 Å². The maximum atomic E-state index is 11.4. The van der Waals surface area contributed by atoms with Crippen molar-refractivity contribution in [2.75, 3.05) is 25.6 Å². The number of halogens is 1. The molecule has 2 N–H and O–H groups in total. The maximum absolute atomic E-state index is 11.4. The van der Waals surface area contributed by atoms with Crippen LogP contribution in [0.1, 0.15) is 19.7 Å². The average molecular weight is 260 g/mol. The Kier molecular flexibility index (Phi) is 4.54. The van der Waals surface area contributed by atoms with E-state index in [9.17, 15) is 4.79 Å². The van der Waals surface area contributed by atoms with Crippen molar-refractivity contribution in [1.82, 2.24) is 9.97 Å². The Balaban J connectivity index is 2.79. The zero-order valence-electron chi connectivity index (χ0n) is 10.6. The molecule has 6 heteroatoms. The Morgan fingerprint density at radius 3 is 2.76 bits per heavy atom. The van der Waals surface area contributed by atoms with Crippen LogP contribution >= 0.6 is 11.6 Å². The molecule has 1 rings (SSSR count). The van der Waals surface area contributed by atoms with Crippen LogP contribution in [0, 0.1) is 12.3 Å². The predicted molar refractivity (Wildman–Crippen MR) is 68.8 cm³/mol. The largest absolute Gasteiger partial charge is 0.384 e. The number of nitrogens with one attached hydrogen (secondary N) is 2. The Bertz CT molecular complexity index is 443. The van der Waals surface area contributed by atoms with Crippen LogP contribution in [0.15, 0.2) is 4.79 Å². The van der Waals surface area contributed by atoms with E-state index in [1.54, 1.807) is 14.0 Å². The number of methoxy groups -OCH3 is 1. The Morgan fingerprint density at radius 1 is 1.53 bits per heavy atom. The summed E-state index contributed by atoms with van der Waals surface area (Å²) in [6.45, 7) is 7.05. The molecular formula is C11H18ClN3O2. The number of H-pyrrole nitrogens is 1. The van der Waals surface area contributed by atoms with E-state index in [-0.39, 0.29) is 16.0 Å². The second kappa shape index (κ2) is 5.51. The Morgan fingerprint density at radius 2 is 2.18 bits per heavy atom. The van der Waals surface area contributed by atoms with Crippen LogP contribution in [-0.4, -0.2) is 30.2 Å². The lowest BCUT2D eigenvalue weighted by atomic mass is 9.95. The number of hydrogen-bond acceptors (Lipinski definition) is 4. The molecule has 0 fully saturated rings. The van der Waals surface area contributed by atoms with Crippen molar-refractivity contribution in [3.8, 4) is 0 Å². The van der Waals surface area contributed by atoms with Crippen molar-refractivity contribution < 1.29 is 4.74 Å². The van der Waals surface area contributed by atoms with Crippen LogP contribution in [0.2, 0.25) is 5.02 Å². The van der Waals surface area contributed by atoms with Gasteiger partial charge in [0.25, 0.3) is 5.56 Å². The average Bonchev–Trinajstić information content (AvgIpc) is 2.21. The van der Waals surface area contributed by atoms with E-state index >= 15 is 0 Å². The lowest BCUT2D eigenvalue weighted by molar-refractivity contribution is 0.112. The smallest absolute Gasteiger partial charge is 0.271 e. The van der Waals surface area contributed by atoms with Crippen molar-refractivity contribution in [2.45, 2.75) is 20.8 Å². The lowest BCUT2D eigenvalue weighted by Gasteiger charge is -2.24. The van der Waals surface area contributed by atoms with Gasteiger partial charge in [-0.05, 0) is 6.92 Å². The molecule has 0 saturated carbocycles. The van der Waals surface area contributed by atoms with Gasteiger partial charge in [-0.3, -0.25) is 4.79 Å². The van der Waals surface area contributed by atoms with E-state index in [1.807, 2.05) is 0 Å². The standard InChI is InChI=1S/C11H18ClN3O2/c1-7-14-9(8(12)10(16)15-7)13-5-11(2,3)6-17-4/h5-6H2,1-4H3,(H2,13,14,15,16). The summed E-state index contributed by atoms with van der Waals surface area (Å²) >= 11 is 5.87. The number of ether oxygens (including phenoxy) is 1. The topological polar surface area (TPSA) is 67.0 Å². The van der Waals surface area contributed by atoms with Gasteiger partial charge >= 0.3 is 0 Å². The van der Waals surface area contributed by atoms with Gasteiger partial charge in [0.2, 0.25) is 0 Å². The summed E-state index contributed by atoms with van der Waals surface area (Å²) in [6.07, 6.45) is 0. The fourth-order valence-corrected chi connectivity index (χ4v) is 1.61. The SMILES string of the molecule is COCC(C)(C)CNc1nc(C)[nH]c(=O)c1Cl. The van der Waals surface area contributed by atoms with Crippen LogP contribution < -0.4 is 10.9 Å². The highest BCUT2D eigenvalue weighted by Gasteiger charge is 2.18. The summed E-state index contributed by atoms with van der Waals surface area (Å²) in [7, 11) is 1.66. The van der Waals surface area contributed by atoms with Crippen molar-refractivity contribution in [3.05, 3.63) is 21.2 Å². The number of aromatic amines is 1. The van der Waals surface area contributed by atoms with Gasteiger partial charge < -0.3 is 15.0 Å². The molecule has 0 unspecified atom stereocenters. The molecule has 0 atom stereocenters. The monoisotopic (exact) mass is 259 g/mol. The quantitative estimate of drug-likeness (QED) is 0.846. The molecule has 0 saturated heterocycles. The van der Waals surface area contributed by atoms with Crippen LogP contribution in [0.25, 0.3) is 0 Å². The minimum Gasteiger partial charge on any atom is -0.384 e. The number of aromatic nitrogens is 2. The fraction of sp³-hybridized carbons (Fsp3) is 0.636. The molecule has 0 radical (unpaired) electrons. The Hall–Kier alpha value is -1.07. The number of hydrogen-bond donors (Lipinski definition) is 2. The van der Waals surface area contributed by atoms with Crippen molar-refractivity contribution in [2.24, 2.45) is 5.41 Å².